The summed E-state index contributed by atoms with van der Waals surface area (Å²) in [5, 5.41) is 12.2. The van der Waals surface area contributed by atoms with E-state index in [4.69, 9.17) is 0 Å². The van der Waals surface area contributed by atoms with Crippen LogP contribution in [0.3, 0.4) is 0 Å². The Balaban J connectivity index is 4.37. The Hall–Kier alpha value is -0.750. The summed E-state index contributed by atoms with van der Waals surface area (Å²) < 4.78 is 0. The third kappa shape index (κ3) is 6.26. The van der Waals surface area contributed by atoms with Crippen LogP contribution in [-0.2, 0) is 0 Å². The molecule has 0 aliphatic carbocycles. The number of unbranched alkanes of at least 4 members (excludes halogenated alkanes) is 1. The molecule has 0 spiro atoms. The summed E-state index contributed by atoms with van der Waals surface area (Å²) in [4.78, 5) is 17.8. The molecule has 2 N–H and O–H groups in total. The van der Waals surface area contributed by atoms with Gasteiger partial charge in [-0.25, -0.2) is 4.79 Å². The van der Waals surface area contributed by atoms with Crippen molar-refractivity contribution in [2.45, 2.75) is 19.8 Å². The quantitative estimate of drug-likeness (QED) is 0.443. The average Bonchev–Trinajstić information content (AvgIpc) is 2.26. The van der Waals surface area contributed by atoms with Gasteiger partial charge in [0.05, 0.1) is 0 Å². The molecule has 0 aromatic heterocycles. The van der Waals surface area contributed by atoms with Gasteiger partial charge in [0.2, 0.25) is 0 Å². The number of hydrogen-bond donors (Lipinski definition) is 2. The van der Waals surface area contributed by atoms with Crippen molar-refractivity contribution in [1.29, 1.82) is 0 Å². The number of nitrogens with one attached hydrogen (secondary N) is 1. The summed E-state index contributed by atoms with van der Waals surface area (Å²) in [6, 6.07) is 0. The first-order valence-electron chi connectivity index (χ1n) is 6.21. The lowest BCUT2D eigenvalue weighted by molar-refractivity contribution is 0.221. The van der Waals surface area contributed by atoms with Crippen molar-refractivity contribution in [2.24, 2.45) is 4.99 Å². The maximum absolute atomic E-state index is 11.2. The monoisotopic (exact) mass is 277 g/mol. The second-order valence-corrected chi connectivity index (χ2v) is 8.21. The zero-order chi connectivity index (χ0) is 14.2. The van der Waals surface area contributed by atoms with Crippen LogP contribution in [0.2, 0.25) is 0 Å². The van der Waals surface area contributed by atoms with Crippen LogP contribution in [0.15, 0.2) is 4.99 Å². The zero-order valence-electron chi connectivity index (χ0n) is 12.2. The van der Waals surface area contributed by atoms with Crippen LogP contribution in [0.4, 0.5) is 4.79 Å². The minimum absolute atomic E-state index is 0.655. The van der Waals surface area contributed by atoms with Crippen molar-refractivity contribution < 1.29 is 9.90 Å². The van der Waals surface area contributed by atoms with E-state index in [1.165, 1.54) is 0 Å². The Bertz CT molecular complexity index is 291. The van der Waals surface area contributed by atoms with Crippen LogP contribution < -0.4 is 5.32 Å². The summed E-state index contributed by atoms with van der Waals surface area (Å²) in [5.41, 5.74) is 0. The first-order valence-corrected chi connectivity index (χ1v) is 8.66. The van der Waals surface area contributed by atoms with E-state index in [0.29, 0.717) is 18.3 Å². The maximum atomic E-state index is 11.2. The topological polar surface area (TPSA) is 64.9 Å². The molecule has 0 aliphatic heterocycles. The average molecular weight is 277 g/mol. The number of nitrogens with zero attached hydrogens (tertiary/aromatic N) is 2. The van der Waals surface area contributed by atoms with Gasteiger partial charge in [-0.1, -0.05) is 10.0 Å². The van der Waals surface area contributed by atoms with Gasteiger partial charge in [0.15, 0.2) is 0 Å². The normalized spacial score (nSPS) is 13.8. The fraction of sp³-hybridized carbons (Fsp3) is 0.833. The van der Waals surface area contributed by atoms with Crippen LogP contribution in [0, 0.1) is 0 Å². The van der Waals surface area contributed by atoms with Gasteiger partial charge in [0, 0.05) is 13.1 Å². The molecule has 0 bridgehead atoms. The van der Waals surface area contributed by atoms with Gasteiger partial charge in [0.1, 0.15) is 5.17 Å². The van der Waals surface area contributed by atoms with E-state index in [-0.39, 0.29) is 0 Å². The molecule has 0 fully saturated rings. The van der Waals surface area contributed by atoms with Crippen LogP contribution in [0.1, 0.15) is 19.8 Å². The summed E-state index contributed by atoms with van der Waals surface area (Å²) in [6.45, 7) is 4.40. The first kappa shape index (κ1) is 17.2. The molecule has 108 valence electrons. The Morgan fingerprint density at radius 3 is 2.39 bits per heavy atom. The third-order valence-corrected chi connectivity index (χ3v) is 4.63. The minimum Gasteiger partial charge on any atom is -0.474 e. The van der Waals surface area contributed by atoms with Gasteiger partial charge < -0.3 is 15.3 Å². The Labute approximate surface area is 112 Å². The fourth-order valence-corrected chi connectivity index (χ4v) is 2.44. The van der Waals surface area contributed by atoms with Crippen molar-refractivity contribution in [2.75, 3.05) is 46.2 Å². The molecule has 0 unspecified atom stereocenters. The first-order chi connectivity index (χ1) is 8.32. The van der Waals surface area contributed by atoms with E-state index in [9.17, 15) is 9.90 Å². The van der Waals surface area contributed by atoms with Crippen LogP contribution >= 0.6 is 10.0 Å². The number of amidine groups is 1. The molecule has 18 heavy (non-hydrogen) atoms. The number of carbonyl (C=O) groups is 1. The SMILES string of the molecule is CCNC(=NCCCCN(C)C)S(C)(C)C(=O)O. The highest BCUT2D eigenvalue weighted by atomic mass is 32.3. The van der Waals surface area contributed by atoms with E-state index in [2.05, 4.69) is 15.2 Å². The zero-order valence-corrected chi connectivity index (χ0v) is 13.0. The van der Waals surface area contributed by atoms with Crippen molar-refractivity contribution in [3.8, 4) is 0 Å². The van der Waals surface area contributed by atoms with Crippen molar-refractivity contribution in [1.82, 2.24) is 10.2 Å². The molecule has 0 aliphatic rings. The van der Waals surface area contributed by atoms with Gasteiger partial charge in [-0.05, 0) is 52.9 Å². The summed E-state index contributed by atoms with van der Waals surface area (Å²) in [5.74, 6) is 0. The Kier molecular flexibility index (Phi) is 8.02. The smallest absolute Gasteiger partial charge is 0.353 e. The standard InChI is InChI=1S/C12H27N3O2S/c1-6-13-11(18(4,5)12(16)17)14-9-7-8-10-15(2)3/h6-10H2,1-5H3,(H,13,14)(H,16,17). The lowest BCUT2D eigenvalue weighted by Gasteiger charge is -2.27. The predicted octanol–water partition coefficient (Wildman–Crippen LogP) is 2.04. The molecule has 0 radical (unpaired) electrons. The van der Waals surface area contributed by atoms with E-state index >= 15 is 0 Å². The summed E-state index contributed by atoms with van der Waals surface area (Å²) >= 11 is 0. The van der Waals surface area contributed by atoms with Gasteiger partial charge in [-0.2, -0.15) is 0 Å². The molecule has 0 saturated carbocycles. The highest BCUT2D eigenvalue weighted by Gasteiger charge is 2.27. The molecular weight excluding hydrogens is 250 g/mol. The molecule has 6 heteroatoms. The molecule has 0 aromatic carbocycles. The van der Waals surface area contributed by atoms with Crippen LogP contribution in [0.25, 0.3) is 0 Å². The second kappa shape index (κ2) is 8.37. The van der Waals surface area contributed by atoms with E-state index in [0.717, 1.165) is 19.4 Å². The number of rotatable bonds is 6. The van der Waals surface area contributed by atoms with Crippen molar-refractivity contribution in [3.05, 3.63) is 0 Å². The predicted molar refractivity (Wildman–Crippen MR) is 81.2 cm³/mol. The molecule has 0 amide bonds. The molecule has 0 atom stereocenters. The van der Waals surface area contributed by atoms with Gasteiger partial charge in [-0.3, -0.25) is 4.99 Å². The molecule has 0 heterocycles. The lowest BCUT2D eigenvalue weighted by Crippen LogP contribution is -2.31. The largest absolute Gasteiger partial charge is 0.474 e. The van der Waals surface area contributed by atoms with Gasteiger partial charge in [-0.15, -0.1) is 0 Å². The highest BCUT2D eigenvalue weighted by molar-refractivity contribution is 8.54. The van der Waals surface area contributed by atoms with Crippen molar-refractivity contribution in [3.63, 3.8) is 0 Å². The minimum atomic E-state index is -1.86. The Morgan fingerprint density at radius 1 is 1.33 bits per heavy atom. The second-order valence-electron chi connectivity index (χ2n) is 4.82. The molecule has 0 aromatic rings. The summed E-state index contributed by atoms with van der Waals surface area (Å²) in [6.07, 6.45) is 5.59. The van der Waals surface area contributed by atoms with E-state index < -0.39 is 15.3 Å². The van der Waals surface area contributed by atoms with Gasteiger partial charge >= 0.3 is 5.30 Å². The van der Waals surface area contributed by atoms with E-state index in [1.807, 2.05) is 21.0 Å². The number of carboxylic acid groups (broad SMARTS) is 1. The molecule has 0 saturated heterocycles. The van der Waals surface area contributed by atoms with Crippen LogP contribution in [0.5, 0.6) is 0 Å². The molecule has 5 nitrogen and oxygen atoms in total. The Morgan fingerprint density at radius 2 is 1.94 bits per heavy atom. The molecule has 0 rings (SSSR count). The fourth-order valence-electron chi connectivity index (χ4n) is 1.35. The van der Waals surface area contributed by atoms with Gasteiger partial charge in [0.25, 0.3) is 0 Å². The number of hydrogen-bond acceptors (Lipinski definition) is 3. The van der Waals surface area contributed by atoms with Crippen LogP contribution in [-0.4, -0.2) is 66.7 Å². The highest BCUT2D eigenvalue weighted by Crippen LogP contribution is 2.41. The summed E-state index contributed by atoms with van der Waals surface area (Å²) in [7, 11) is 2.23. The third-order valence-electron chi connectivity index (χ3n) is 2.52. The number of aliphatic imine (C=N–C) groups is 1. The lowest BCUT2D eigenvalue weighted by atomic mass is 10.3. The molecular formula is C12H27N3O2S. The van der Waals surface area contributed by atoms with Crippen molar-refractivity contribution >= 4 is 20.5 Å². The maximum Gasteiger partial charge on any atom is 0.353 e. The van der Waals surface area contributed by atoms with E-state index in [1.54, 1.807) is 12.5 Å².